The third-order valence-electron chi connectivity index (χ3n) is 2.03. The molecule has 6 heteroatoms. The van der Waals surface area contributed by atoms with Gasteiger partial charge in [-0.3, -0.25) is 0 Å². The quantitative estimate of drug-likeness (QED) is 0.907. The smallest absolute Gasteiger partial charge is 0.375 e. The molecule has 2 rings (SSSR count). The van der Waals surface area contributed by atoms with E-state index in [0.29, 0.717) is 16.3 Å². The van der Waals surface area contributed by atoms with Gasteiger partial charge in [-0.05, 0) is 18.2 Å². The Morgan fingerprint density at radius 3 is 3.06 bits per heavy atom. The summed E-state index contributed by atoms with van der Waals surface area (Å²) in [7, 11) is 0. The van der Waals surface area contributed by atoms with Gasteiger partial charge in [0.15, 0.2) is 0 Å². The lowest BCUT2D eigenvalue weighted by atomic mass is 10.3. The number of halogens is 1. The monoisotopic (exact) mass is 253 g/mol. The molecular formula is C11H8ClNO4. The zero-order valence-electron chi connectivity index (χ0n) is 8.59. The molecule has 0 unspecified atom stereocenters. The van der Waals surface area contributed by atoms with Crippen LogP contribution in [0.25, 0.3) is 0 Å². The van der Waals surface area contributed by atoms with Gasteiger partial charge in [-0.1, -0.05) is 22.8 Å². The lowest BCUT2D eigenvalue weighted by Crippen LogP contribution is -2.02. The zero-order valence-corrected chi connectivity index (χ0v) is 9.35. The van der Waals surface area contributed by atoms with Crippen molar-refractivity contribution in [2.45, 2.75) is 6.61 Å². The van der Waals surface area contributed by atoms with E-state index >= 15 is 0 Å². The summed E-state index contributed by atoms with van der Waals surface area (Å²) in [5.41, 5.74) is 0.373. The van der Waals surface area contributed by atoms with E-state index < -0.39 is 5.97 Å². The molecule has 0 fully saturated rings. The van der Waals surface area contributed by atoms with Gasteiger partial charge in [0.1, 0.15) is 12.4 Å². The zero-order chi connectivity index (χ0) is 12.3. The molecule has 1 aromatic carbocycles. The summed E-state index contributed by atoms with van der Waals surface area (Å²) in [5.74, 6) is -0.839. The van der Waals surface area contributed by atoms with Crippen LogP contribution in [-0.4, -0.2) is 16.2 Å². The highest BCUT2D eigenvalue weighted by Crippen LogP contribution is 2.19. The number of aromatic nitrogens is 1. The van der Waals surface area contributed by atoms with Crippen molar-refractivity contribution >= 4 is 17.6 Å². The van der Waals surface area contributed by atoms with Crippen LogP contribution < -0.4 is 4.74 Å². The van der Waals surface area contributed by atoms with Crippen LogP contribution in [0.15, 0.2) is 35.0 Å². The highest BCUT2D eigenvalue weighted by atomic mass is 35.5. The van der Waals surface area contributed by atoms with E-state index in [1.807, 2.05) is 0 Å². The summed E-state index contributed by atoms with van der Waals surface area (Å²) in [5, 5.41) is 12.7. The van der Waals surface area contributed by atoms with Crippen LogP contribution in [0.5, 0.6) is 5.75 Å². The summed E-state index contributed by atoms with van der Waals surface area (Å²) in [6.45, 7) is 0.0610. The lowest BCUT2D eigenvalue weighted by Gasteiger charge is -2.04. The van der Waals surface area contributed by atoms with E-state index in [2.05, 4.69) is 9.68 Å². The molecule has 0 aliphatic rings. The number of carboxylic acid groups (broad SMARTS) is 1. The van der Waals surface area contributed by atoms with E-state index in [1.165, 1.54) is 6.20 Å². The first-order chi connectivity index (χ1) is 8.16. The van der Waals surface area contributed by atoms with E-state index in [1.54, 1.807) is 24.3 Å². The topological polar surface area (TPSA) is 72.6 Å². The Morgan fingerprint density at radius 1 is 1.53 bits per heavy atom. The highest BCUT2D eigenvalue weighted by molar-refractivity contribution is 6.30. The van der Waals surface area contributed by atoms with Gasteiger partial charge in [-0.25, -0.2) is 4.79 Å². The molecule has 1 heterocycles. The van der Waals surface area contributed by atoms with Crippen LogP contribution >= 0.6 is 11.6 Å². The van der Waals surface area contributed by atoms with Crippen molar-refractivity contribution in [2.75, 3.05) is 0 Å². The second-order valence-corrected chi connectivity index (χ2v) is 3.67. The van der Waals surface area contributed by atoms with Crippen LogP contribution in [0.1, 0.15) is 16.1 Å². The molecule has 0 saturated carbocycles. The molecular weight excluding hydrogens is 246 g/mol. The summed E-state index contributed by atoms with van der Waals surface area (Å²) < 4.78 is 9.96. The second-order valence-electron chi connectivity index (χ2n) is 3.23. The maximum Gasteiger partial charge on any atom is 0.375 e. The SMILES string of the molecule is O=C(O)c1oncc1COc1cccc(Cl)c1. The predicted molar refractivity (Wildman–Crippen MR) is 59.2 cm³/mol. The fourth-order valence-corrected chi connectivity index (χ4v) is 1.44. The predicted octanol–water partition coefficient (Wildman–Crippen LogP) is 2.61. The van der Waals surface area contributed by atoms with Gasteiger partial charge in [0, 0.05) is 5.02 Å². The first-order valence-corrected chi connectivity index (χ1v) is 5.10. The van der Waals surface area contributed by atoms with Crippen molar-refractivity contribution < 1.29 is 19.2 Å². The molecule has 0 spiro atoms. The maximum absolute atomic E-state index is 10.7. The lowest BCUT2D eigenvalue weighted by molar-refractivity contribution is 0.0648. The van der Waals surface area contributed by atoms with Gasteiger partial charge in [0.25, 0.3) is 5.76 Å². The summed E-state index contributed by atoms with van der Waals surface area (Å²) >= 11 is 5.78. The minimum absolute atomic E-state index is 0.0610. The summed E-state index contributed by atoms with van der Waals surface area (Å²) in [6.07, 6.45) is 1.31. The fraction of sp³-hybridized carbons (Fsp3) is 0.0909. The molecule has 0 atom stereocenters. The standard InChI is InChI=1S/C11H8ClNO4/c12-8-2-1-3-9(4-8)16-6-7-5-13-17-10(7)11(14)15/h1-5H,6H2,(H,14,15). The average Bonchev–Trinajstić information content (AvgIpc) is 2.74. The molecule has 17 heavy (non-hydrogen) atoms. The van der Waals surface area contributed by atoms with Gasteiger partial charge in [0.2, 0.25) is 0 Å². The second kappa shape index (κ2) is 4.88. The number of carboxylic acids is 1. The summed E-state index contributed by atoms with van der Waals surface area (Å²) in [6, 6.07) is 6.81. The molecule has 0 saturated heterocycles. The Bertz CT molecular complexity index is 538. The minimum atomic E-state index is -1.17. The molecule has 0 aliphatic heterocycles. The third kappa shape index (κ3) is 2.76. The Kier molecular flexibility index (Phi) is 3.30. The molecule has 0 bridgehead atoms. The van der Waals surface area contributed by atoms with Gasteiger partial charge < -0.3 is 14.4 Å². The van der Waals surface area contributed by atoms with Crippen molar-refractivity contribution in [3.63, 3.8) is 0 Å². The van der Waals surface area contributed by atoms with Crippen molar-refractivity contribution in [1.82, 2.24) is 5.16 Å². The van der Waals surface area contributed by atoms with Crippen LogP contribution in [0.3, 0.4) is 0 Å². The van der Waals surface area contributed by atoms with Crippen LogP contribution in [0.4, 0.5) is 0 Å². The Labute approximate surface area is 102 Å². The van der Waals surface area contributed by atoms with Gasteiger partial charge in [-0.2, -0.15) is 0 Å². The molecule has 5 nitrogen and oxygen atoms in total. The minimum Gasteiger partial charge on any atom is -0.489 e. The molecule has 0 radical (unpaired) electrons. The first kappa shape index (κ1) is 11.5. The largest absolute Gasteiger partial charge is 0.489 e. The normalized spacial score (nSPS) is 10.2. The maximum atomic E-state index is 10.7. The number of aromatic carboxylic acids is 1. The number of ether oxygens (including phenoxy) is 1. The van der Waals surface area contributed by atoms with Gasteiger partial charge in [0.05, 0.1) is 11.8 Å². The summed E-state index contributed by atoms with van der Waals surface area (Å²) in [4.78, 5) is 10.7. The van der Waals surface area contributed by atoms with E-state index in [0.717, 1.165) is 0 Å². The van der Waals surface area contributed by atoms with Gasteiger partial charge in [-0.15, -0.1) is 0 Å². The Balaban J connectivity index is 2.07. The molecule has 1 N–H and O–H groups in total. The first-order valence-electron chi connectivity index (χ1n) is 4.72. The molecule has 0 aliphatic carbocycles. The number of nitrogens with zero attached hydrogens (tertiary/aromatic N) is 1. The van der Waals surface area contributed by atoms with Crippen molar-refractivity contribution in [2.24, 2.45) is 0 Å². The van der Waals surface area contributed by atoms with Crippen LogP contribution in [-0.2, 0) is 6.61 Å². The van der Waals surface area contributed by atoms with Gasteiger partial charge >= 0.3 is 5.97 Å². The van der Waals surface area contributed by atoms with Crippen LogP contribution in [0, 0.1) is 0 Å². The Hall–Kier alpha value is -2.01. The van der Waals surface area contributed by atoms with E-state index in [-0.39, 0.29) is 12.4 Å². The highest BCUT2D eigenvalue weighted by Gasteiger charge is 2.15. The number of benzene rings is 1. The fourth-order valence-electron chi connectivity index (χ4n) is 1.26. The Morgan fingerprint density at radius 2 is 2.35 bits per heavy atom. The number of rotatable bonds is 4. The van der Waals surface area contributed by atoms with Crippen molar-refractivity contribution in [1.29, 1.82) is 0 Å². The average molecular weight is 254 g/mol. The van der Waals surface area contributed by atoms with Crippen molar-refractivity contribution in [3.8, 4) is 5.75 Å². The van der Waals surface area contributed by atoms with Crippen LogP contribution in [0.2, 0.25) is 5.02 Å². The molecule has 0 amide bonds. The molecule has 2 aromatic rings. The molecule has 1 aromatic heterocycles. The number of hydrogen-bond donors (Lipinski definition) is 1. The van der Waals surface area contributed by atoms with Crippen molar-refractivity contribution in [3.05, 3.63) is 46.8 Å². The van der Waals surface area contributed by atoms with E-state index in [4.69, 9.17) is 21.4 Å². The number of carbonyl (C=O) groups is 1. The molecule has 88 valence electrons. The third-order valence-corrected chi connectivity index (χ3v) is 2.26. The number of hydrogen-bond acceptors (Lipinski definition) is 4. The van der Waals surface area contributed by atoms with E-state index in [9.17, 15) is 4.79 Å².